The zero-order chi connectivity index (χ0) is 13.7. The second-order valence-electron chi connectivity index (χ2n) is 5.33. The van der Waals surface area contributed by atoms with Crippen LogP contribution in [0.2, 0.25) is 0 Å². The molecule has 1 amide bonds. The standard InChI is InChI=1S/C16H24N2O/c1-3-4-11-17(2)12-10-16(19)18-13-9-14-7-5-6-8-15(14)18/h5-8H,3-4,9-13H2,1-2H3. The third kappa shape index (κ3) is 3.57. The van der Waals surface area contributed by atoms with Gasteiger partial charge in [0, 0.05) is 25.2 Å². The third-order valence-corrected chi connectivity index (χ3v) is 3.79. The Morgan fingerprint density at radius 1 is 1.32 bits per heavy atom. The van der Waals surface area contributed by atoms with Crippen LogP contribution in [0.4, 0.5) is 5.69 Å². The maximum absolute atomic E-state index is 12.3. The number of hydrogen-bond acceptors (Lipinski definition) is 2. The van der Waals surface area contributed by atoms with Crippen LogP contribution in [0.25, 0.3) is 0 Å². The average molecular weight is 260 g/mol. The first-order chi connectivity index (χ1) is 9.22. The van der Waals surface area contributed by atoms with Crippen molar-refractivity contribution in [2.24, 2.45) is 0 Å². The van der Waals surface area contributed by atoms with Crippen LogP contribution < -0.4 is 4.90 Å². The van der Waals surface area contributed by atoms with E-state index in [1.807, 2.05) is 17.0 Å². The van der Waals surface area contributed by atoms with Crippen molar-refractivity contribution in [3.05, 3.63) is 29.8 Å². The van der Waals surface area contributed by atoms with E-state index in [0.717, 1.165) is 31.7 Å². The number of fused-ring (bicyclic) bond motifs is 1. The third-order valence-electron chi connectivity index (χ3n) is 3.79. The summed E-state index contributed by atoms with van der Waals surface area (Å²) in [6.45, 7) is 4.98. The maximum Gasteiger partial charge on any atom is 0.228 e. The summed E-state index contributed by atoms with van der Waals surface area (Å²) in [6, 6.07) is 8.24. The fourth-order valence-electron chi connectivity index (χ4n) is 2.56. The molecule has 19 heavy (non-hydrogen) atoms. The first-order valence-corrected chi connectivity index (χ1v) is 7.29. The molecule has 0 radical (unpaired) electrons. The lowest BCUT2D eigenvalue weighted by Gasteiger charge is -2.20. The van der Waals surface area contributed by atoms with Crippen molar-refractivity contribution in [2.45, 2.75) is 32.6 Å². The van der Waals surface area contributed by atoms with Gasteiger partial charge in [-0.15, -0.1) is 0 Å². The van der Waals surface area contributed by atoms with E-state index >= 15 is 0 Å². The van der Waals surface area contributed by atoms with E-state index in [4.69, 9.17) is 0 Å². The van der Waals surface area contributed by atoms with Gasteiger partial charge in [0.1, 0.15) is 0 Å². The van der Waals surface area contributed by atoms with E-state index in [2.05, 4.69) is 31.0 Å². The number of hydrogen-bond donors (Lipinski definition) is 0. The monoisotopic (exact) mass is 260 g/mol. The molecule has 1 aromatic rings. The lowest BCUT2D eigenvalue weighted by atomic mass is 10.2. The van der Waals surface area contributed by atoms with E-state index in [-0.39, 0.29) is 5.91 Å². The summed E-state index contributed by atoms with van der Waals surface area (Å²) in [5.41, 5.74) is 2.42. The van der Waals surface area contributed by atoms with Crippen molar-refractivity contribution in [3.63, 3.8) is 0 Å². The summed E-state index contributed by atoms with van der Waals surface area (Å²) >= 11 is 0. The topological polar surface area (TPSA) is 23.6 Å². The van der Waals surface area contributed by atoms with Gasteiger partial charge in [-0.05, 0) is 38.1 Å². The van der Waals surface area contributed by atoms with Gasteiger partial charge in [0.2, 0.25) is 5.91 Å². The quantitative estimate of drug-likeness (QED) is 0.785. The van der Waals surface area contributed by atoms with Gasteiger partial charge in [0.15, 0.2) is 0 Å². The maximum atomic E-state index is 12.3. The minimum Gasteiger partial charge on any atom is -0.312 e. The Labute approximate surface area is 116 Å². The highest BCUT2D eigenvalue weighted by molar-refractivity contribution is 5.95. The van der Waals surface area contributed by atoms with E-state index in [1.165, 1.54) is 18.4 Å². The van der Waals surface area contributed by atoms with Crippen molar-refractivity contribution in [1.82, 2.24) is 4.90 Å². The van der Waals surface area contributed by atoms with Gasteiger partial charge in [-0.2, -0.15) is 0 Å². The molecule has 3 nitrogen and oxygen atoms in total. The summed E-state index contributed by atoms with van der Waals surface area (Å²) in [5.74, 6) is 0.258. The van der Waals surface area contributed by atoms with E-state index in [0.29, 0.717) is 6.42 Å². The molecule has 0 saturated carbocycles. The largest absolute Gasteiger partial charge is 0.312 e. The molecule has 1 aromatic carbocycles. The van der Waals surface area contributed by atoms with Crippen molar-refractivity contribution < 1.29 is 4.79 Å². The second kappa shape index (κ2) is 6.71. The number of nitrogens with zero attached hydrogens (tertiary/aromatic N) is 2. The SMILES string of the molecule is CCCCN(C)CCC(=O)N1CCc2ccccc21. The molecule has 0 unspecified atom stereocenters. The summed E-state index contributed by atoms with van der Waals surface area (Å²) in [4.78, 5) is 16.5. The molecule has 0 aromatic heterocycles. The number of rotatable bonds is 6. The molecular formula is C16H24N2O. The minimum atomic E-state index is 0.258. The molecule has 1 aliphatic rings. The van der Waals surface area contributed by atoms with Gasteiger partial charge in [0.05, 0.1) is 0 Å². The van der Waals surface area contributed by atoms with Crippen LogP contribution >= 0.6 is 0 Å². The Morgan fingerprint density at radius 2 is 2.11 bits per heavy atom. The molecule has 104 valence electrons. The number of para-hydroxylation sites is 1. The Morgan fingerprint density at radius 3 is 2.89 bits per heavy atom. The van der Waals surface area contributed by atoms with Gasteiger partial charge in [-0.1, -0.05) is 31.5 Å². The van der Waals surface area contributed by atoms with Crippen molar-refractivity contribution >= 4 is 11.6 Å². The van der Waals surface area contributed by atoms with Crippen LogP contribution in [0, 0.1) is 0 Å². The molecule has 0 saturated heterocycles. The minimum absolute atomic E-state index is 0.258. The molecule has 0 fully saturated rings. The number of benzene rings is 1. The smallest absolute Gasteiger partial charge is 0.228 e. The first-order valence-electron chi connectivity index (χ1n) is 7.29. The van der Waals surface area contributed by atoms with Crippen LogP contribution in [0.5, 0.6) is 0 Å². The van der Waals surface area contributed by atoms with Gasteiger partial charge in [0.25, 0.3) is 0 Å². The highest BCUT2D eigenvalue weighted by Crippen LogP contribution is 2.27. The molecule has 3 heteroatoms. The Hall–Kier alpha value is -1.35. The molecule has 0 aliphatic carbocycles. The number of unbranched alkanes of at least 4 members (excludes halogenated alkanes) is 1. The van der Waals surface area contributed by atoms with Crippen LogP contribution in [0.1, 0.15) is 31.7 Å². The van der Waals surface area contributed by atoms with Crippen LogP contribution in [0.15, 0.2) is 24.3 Å². The first kappa shape index (κ1) is 14.1. The Kier molecular flexibility index (Phi) is 4.97. The summed E-state index contributed by atoms with van der Waals surface area (Å²) < 4.78 is 0. The van der Waals surface area contributed by atoms with Crippen LogP contribution in [0.3, 0.4) is 0 Å². The molecule has 0 spiro atoms. The van der Waals surface area contributed by atoms with Gasteiger partial charge < -0.3 is 9.80 Å². The highest BCUT2D eigenvalue weighted by atomic mass is 16.2. The van der Waals surface area contributed by atoms with Crippen molar-refractivity contribution in [1.29, 1.82) is 0 Å². The van der Waals surface area contributed by atoms with Gasteiger partial charge in [-0.3, -0.25) is 4.79 Å². The second-order valence-corrected chi connectivity index (χ2v) is 5.33. The highest BCUT2D eigenvalue weighted by Gasteiger charge is 2.23. The van der Waals surface area contributed by atoms with E-state index in [9.17, 15) is 4.79 Å². The number of anilines is 1. The Balaban J connectivity index is 1.85. The molecule has 1 aliphatic heterocycles. The molecule has 1 heterocycles. The zero-order valence-corrected chi connectivity index (χ0v) is 12.1. The van der Waals surface area contributed by atoms with Gasteiger partial charge in [-0.25, -0.2) is 0 Å². The van der Waals surface area contributed by atoms with Crippen LogP contribution in [-0.2, 0) is 11.2 Å². The summed E-state index contributed by atoms with van der Waals surface area (Å²) in [6.07, 6.45) is 4.02. The van der Waals surface area contributed by atoms with E-state index < -0.39 is 0 Å². The fraction of sp³-hybridized carbons (Fsp3) is 0.562. The Bertz CT molecular complexity index is 431. The number of carbonyl (C=O) groups is 1. The van der Waals surface area contributed by atoms with Gasteiger partial charge >= 0.3 is 0 Å². The molecule has 0 atom stereocenters. The molecule has 0 N–H and O–H groups in total. The zero-order valence-electron chi connectivity index (χ0n) is 12.1. The lowest BCUT2D eigenvalue weighted by molar-refractivity contribution is -0.118. The van der Waals surface area contributed by atoms with Crippen molar-refractivity contribution in [2.75, 3.05) is 31.6 Å². The fourth-order valence-corrected chi connectivity index (χ4v) is 2.56. The number of carbonyl (C=O) groups excluding carboxylic acids is 1. The predicted molar refractivity (Wildman–Crippen MR) is 79.5 cm³/mol. The normalized spacial score (nSPS) is 13.9. The lowest BCUT2D eigenvalue weighted by Crippen LogP contribution is -2.32. The number of amides is 1. The predicted octanol–water partition coefficient (Wildman–Crippen LogP) is 2.70. The molecular weight excluding hydrogens is 236 g/mol. The van der Waals surface area contributed by atoms with Crippen LogP contribution in [-0.4, -0.2) is 37.5 Å². The molecule has 2 rings (SSSR count). The van der Waals surface area contributed by atoms with E-state index in [1.54, 1.807) is 0 Å². The summed E-state index contributed by atoms with van der Waals surface area (Å²) in [7, 11) is 2.10. The van der Waals surface area contributed by atoms with Crippen molar-refractivity contribution in [3.8, 4) is 0 Å². The molecule has 0 bridgehead atoms. The summed E-state index contributed by atoms with van der Waals surface area (Å²) in [5, 5.41) is 0. The average Bonchev–Trinajstić information content (AvgIpc) is 2.86.